The number of benzene rings is 2. The second-order valence-corrected chi connectivity index (χ2v) is 12.0. The lowest BCUT2D eigenvalue weighted by atomic mass is 9.86. The number of carbonyl (C=O) groups excluding carboxylic acids is 2. The molecule has 11 heteroatoms. The maximum absolute atomic E-state index is 12.2. The Morgan fingerprint density at radius 3 is 2.47 bits per heavy atom. The molecule has 1 amide bonds. The van der Waals surface area contributed by atoms with Crippen LogP contribution in [-0.2, 0) is 16.0 Å². The van der Waals surface area contributed by atoms with Gasteiger partial charge in [-0.15, -0.1) is 0 Å². The minimum Gasteiger partial charge on any atom is -0.462 e. The zero-order chi connectivity index (χ0) is 33.0. The highest BCUT2D eigenvalue weighted by Gasteiger charge is 2.24. The lowest BCUT2D eigenvalue weighted by Crippen LogP contribution is -2.37. The molecule has 1 aliphatic rings. The predicted octanol–water partition coefficient (Wildman–Crippen LogP) is 5.93. The van der Waals surface area contributed by atoms with Gasteiger partial charge in [-0.3, -0.25) is 0 Å². The van der Waals surface area contributed by atoms with E-state index in [2.05, 4.69) is 38.9 Å². The molecule has 0 atom stereocenters. The number of anilines is 3. The van der Waals surface area contributed by atoms with Crippen LogP contribution in [-0.4, -0.2) is 59.0 Å². The second-order valence-electron chi connectivity index (χ2n) is 12.0. The molecule has 45 heavy (non-hydrogen) atoms. The molecule has 0 aliphatic heterocycles. The highest BCUT2D eigenvalue weighted by Crippen LogP contribution is 2.29. The Morgan fingerprint density at radius 2 is 1.78 bits per heavy atom. The molecule has 1 aromatic heterocycles. The summed E-state index contributed by atoms with van der Waals surface area (Å²) in [7, 11) is 1.00. The third-order valence-corrected chi connectivity index (χ3v) is 7.51. The summed E-state index contributed by atoms with van der Waals surface area (Å²) in [5.41, 5.74) is 10.9. The smallest absolute Gasteiger partial charge is 0.407 e. The van der Waals surface area contributed by atoms with Gasteiger partial charge in [0.25, 0.3) is 0 Å². The quantitative estimate of drug-likeness (QED) is 0.172. The van der Waals surface area contributed by atoms with Crippen LogP contribution in [0.3, 0.4) is 0 Å². The highest BCUT2D eigenvalue weighted by atomic mass is 16.6. The third kappa shape index (κ3) is 10.6. The minimum atomic E-state index is -0.501. The van der Waals surface area contributed by atoms with Gasteiger partial charge in [0.05, 0.1) is 24.1 Å². The van der Waals surface area contributed by atoms with E-state index in [0.717, 1.165) is 55.0 Å². The van der Waals surface area contributed by atoms with Crippen LogP contribution in [0.5, 0.6) is 0 Å². The lowest BCUT2D eigenvalue weighted by molar-refractivity contribution is 0.0509. The number of aliphatic hydroxyl groups is 1. The van der Waals surface area contributed by atoms with E-state index in [9.17, 15) is 9.59 Å². The summed E-state index contributed by atoms with van der Waals surface area (Å²) >= 11 is 0. The third-order valence-electron chi connectivity index (χ3n) is 7.51. The summed E-state index contributed by atoms with van der Waals surface area (Å²) in [5, 5.41) is 16.7. The Hall–Kier alpha value is -4.38. The van der Waals surface area contributed by atoms with Crippen molar-refractivity contribution in [2.45, 2.75) is 78.5 Å². The maximum Gasteiger partial charge on any atom is 0.407 e. The Morgan fingerprint density at radius 1 is 1.07 bits per heavy atom. The first-order valence-electron chi connectivity index (χ1n) is 15.4. The summed E-state index contributed by atoms with van der Waals surface area (Å²) in [4.78, 5) is 33.3. The molecular weight excluding hydrogens is 572 g/mol. The van der Waals surface area contributed by atoms with E-state index in [1.807, 2.05) is 51.1 Å². The fraction of sp³-hybridized carbons (Fsp3) is 0.471. The highest BCUT2D eigenvalue weighted by molar-refractivity contribution is 5.91. The molecule has 1 fully saturated rings. The Balaban J connectivity index is 0.00000271. The first-order chi connectivity index (χ1) is 21.5. The molecule has 3 aromatic rings. The predicted molar refractivity (Wildman–Crippen MR) is 178 cm³/mol. The largest absolute Gasteiger partial charge is 0.462 e. The van der Waals surface area contributed by atoms with E-state index in [1.54, 1.807) is 19.2 Å². The Bertz CT molecular complexity index is 1420. The molecule has 6 N–H and O–H groups in total. The van der Waals surface area contributed by atoms with Crippen LogP contribution >= 0.6 is 0 Å². The van der Waals surface area contributed by atoms with Crippen molar-refractivity contribution in [2.75, 3.05) is 36.6 Å². The van der Waals surface area contributed by atoms with Crippen LogP contribution in [0.2, 0.25) is 0 Å². The molecule has 1 saturated carbocycles. The minimum absolute atomic E-state index is 0.243. The van der Waals surface area contributed by atoms with Crippen LogP contribution in [0.4, 0.5) is 22.2 Å². The van der Waals surface area contributed by atoms with Gasteiger partial charge >= 0.3 is 12.1 Å². The Kier molecular flexibility index (Phi) is 13.0. The lowest BCUT2D eigenvalue weighted by Gasteiger charge is -2.30. The molecule has 4 rings (SSSR count). The van der Waals surface area contributed by atoms with E-state index >= 15 is 0 Å². The number of nitrogen functional groups attached to an aromatic ring is 1. The molecule has 0 bridgehead atoms. The normalized spacial score (nSPS) is 16.1. The van der Waals surface area contributed by atoms with Gasteiger partial charge in [0.15, 0.2) is 5.82 Å². The molecule has 0 spiro atoms. The van der Waals surface area contributed by atoms with E-state index in [1.165, 1.54) is 0 Å². The SMILES string of the molecule is CCOC(=O)c1cccc(-c2cccc(CNc3ncc(N)c(NC4CCC(CNC(=O)OC(C)(C)C)CC4)n3)c2C)c1.CO. The number of aromatic nitrogens is 2. The molecular formula is C34H48N6O5. The summed E-state index contributed by atoms with van der Waals surface area (Å²) < 4.78 is 10.5. The van der Waals surface area contributed by atoms with E-state index in [-0.39, 0.29) is 18.1 Å². The number of alkyl carbamates (subject to hydrolysis) is 1. The van der Waals surface area contributed by atoms with Crippen LogP contribution in [0, 0.1) is 12.8 Å². The van der Waals surface area contributed by atoms with Crippen LogP contribution in [0.1, 0.15) is 74.9 Å². The van der Waals surface area contributed by atoms with E-state index < -0.39 is 5.60 Å². The first-order valence-corrected chi connectivity index (χ1v) is 15.4. The van der Waals surface area contributed by atoms with Crippen molar-refractivity contribution < 1.29 is 24.2 Å². The van der Waals surface area contributed by atoms with Gasteiger partial charge in [0.2, 0.25) is 5.95 Å². The first kappa shape index (κ1) is 35.1. The fourth-order valence-electron chi connectivity index (χ4n) is 5.23. The topological polar surface area (TPSA) is 161 Å². The van der Waals surface area contributed by atoms with Gasteiger partial charge in [0.1, 0.15) is 5.60 Å². The number of nitrogens with one attached hydrogen (secondary N) is 3. The summed E-state index contributed by atoms with van der Waals surface area (Å²) in [6.07, 6.45) is 5.14. The fourth-order valence-corrected chi connectivity index (χ4v) is 5.23. The zero-order valence-corrected chi connectivity index (χ0v) is 27.3. The van der Waals surface area contributed by atoms with Gasteiger partial charge in [-0.05, 0) is 101 Å². The van der Waals surface area contributed by atoms with Crippen molar-refractivity contribution in [1.29, 1.82) is 0 Å². The van der Waals surface area contributed by atoms with E-state index in [0.29, 0.717) is 48.6 Å². The van der Waals surface area contributed by atoms with Crippen molar-refractivity contribution in [3.8, 4) is 11.1 Å². The number of carbonyl (C=O) groups is 2. The van der Waals surface area contributed by atoms with Crippen molar-refractivity contribution in [3.05, 3.63) is 65.4 Å². The number of amides is 1. The molecule has 0 saturated heterocycles. The van der Waals surface area contributed by atoms with Crippen LogP contribution < -0.4 is 21.7 Å². The van der Waals surface area contributed by atoms with Crippen molar-refractivity contribution in [2.24, 2.45) is 5.92 Å². The van der Waals surface area contributed by atoms with Gasteiger partial charge < -0.3 is 36.3 Å². The monoisotopic (exact) mass is 620 g/mol. The van der Waals surface area contributed by atoms with Crippen LogP contribution in [0.25, 0.3) is 11.1 Å². The molecule has 2 aromatic carbocycles. The number of ether oxygens (including phenoxy) is 2. The number of aliphatic hydroxyl groups excluding tert-OH is 1. The van der Waals surface area contributed by atoms with Crippen molar-refractivity contribution in [1.82, 2.24) is 15.3 Å². The number of rotatable bonds is 10. The average Bonchev–Trinajstić information content (AvgIpc) is 3.02. The van der Waals surface area contributed by atoms with Gasteiger partial charge in [-0.1, -0.05) is 30.3 Å². The number of nitrogens with zero attached hydrogens (tertiary/aromatic N) is 2. The number of esters is 1. The standard InChI is InChI=1S/C33H44N6O4.CH4O/c1-6-42-30(40)24-10-7-9-23(17-24)27-12-8-11-25(21(27)2)19-35-31-36-20-28(34)29(39-31)38-26-15-13-22(14-16-26)18-37-32(41)43-33(3,4)5;1-2/h7-12,17,20,22,26H,6,13-16,18-19,34H2,1-5H3,(H,37,41)(H2,35,36,38,39);2H,1H3. The summed E-state index contributed by atoms with van der Waals surface area (Å²) in [5.74, 6) is 1.19. The summed E-state index contributed by atoms with van der Waals surface area (Å²) in [6, 6.07) is 13.9. The van der Waals surface area contributed by atoms with Gasteiger partial charge in [-0.25, -0.2) is 14.6 Å². The maximum atomic E-state index is 12.2. The second kappa shape index (κ2) is 16.6. The van der Waals surface area contributed by atoms with Crippen LogP contribution in [0.15, 0.2) is 48.7 Å². The number of hydrogen-bond donors (Lipinski definition) is 5. The van der Waals surface area contributed by atoms with E-state index in [4.69, 9.17) is 20.3 Å². The number of nitrogens with two attached hydrogens (primary N) is 1. The van der Waals surface area contributed by atoms with Gasteiger partial charge in [0, 0.05) is 26.2 Å². The molecule has 1 heterocycles. The molecule has 244 valence electrons. The molecule has 0 radical (unpaired) electrons. The number of hydrogen-bond acceptors (Lipinski definition) is 10. The molecule has 11 nitrogen and oxygen atoms in total. The molecule has 1 aliphatic carbocycles. The Labute approximate surface area is 266 Å². The van der Waals surface area contributed by atoms with Crippen molar-refractivity contribution in [3.63, 3.8) is 0 Å². The molecule has 0 unspecified atom stereocenters. The zero-order valence-electron chi connectivity index (χ0n) is 27.3. The summed E-state index contributed by atoms with van der Waals surface area (Å²) in [6.45, 7) is 10.9. The van der Waals surface area contributed by atoms with Crippen molar-refractivity contribution >= 4 is 29.5 Å². The average molecular weight is 621 g/mol. The van der Waals surface area contributed by atoms with Gasteiger partial charge in [-0.2, -0.15) is 4.98 Å².